The number of rotatable bonds is 5. The van der Waals surface area contributed by atoms with Gasteiger partial charge in [-0.25, -0.2) is 4.39 Å². The number of nitro groups is 1. The second-order valence-electron chi connectivity index (χ2n) is 4.73. The molecular weight excluding hydrogens is 303 g/mol. The van der Waals surface area contributed by atoms with Gasteiger partial charge in [0.05, 0.1) is 4.92 Å². The van der Waals surface area contributed by atoms with Crippen molar-refractivity contribution in [2.75, 3.05) is 5.32 Å². The van der Waals surface area contributed by atoms with Crippen LogP contribution in [-0.2, 0) is 0 Å². The van der Waals surface area contributed by atoms with Crippen LogP contribution in [0.4, 0.5) is 15.8 Å². The molecular formula is C16H13FN2O4. The third kappa shape index (κ3) is 3.76. The molecule has 0 unspecified atom stereocenters. The Labute approximate surface area is 131 Å². The lowest BCUT2D eigenvalue weighted by Crippen LogP contribution is -2.14. The Kier molecular flexibility index (Phi) is 4.80. The van der Waals surface area contributed by atoms with E-state index in [0.29, 0.717) is 17.7 Å². The summed E-state index contributed by atoms with van der Waals surface area (Å²) < 4.78 is 13.3. The number of ketones is 1. The van der Waals surface area contributed by atoms with E-state index in [0.717, 1.165) is 18.2 Å². The molecule has 6 nitrogen and oxygen atoms in total. The minimum Gasteiger partial charge on any atom is -0.322 e. The van der Waals surface area contributed by atoms with Gasteiger partial charge in [-0.1, -0.05) is 19.1 Å². The number of carbonyl (C=O) groups excluding carboxylic acids is 2. The molecule has 0 saturated heterocycles. The SMILES string of the molecule is CCC(=O)c1cccc(NC(=O)c2cc(F)ccc2[N+](=O)[O-])c1. The first kappa shape index (κ1) is 16.3. The molecule has 2 aromatic rings. The molecule has 0 spiro atoms. The number of carbonyl (C=O) groups is 2. The average molecular weight is 316 g/mol. The van der Waals surface area contributed by atoms with Gasteiger partial charge in [0.15, 0.2) is 5.78 Å². The first-order valence-corrected chi connectivity index (χ1v) is 6.81. The fraction of sp³-hybridized carbons (Fsp3) is 0.125. The van der Waals surface area contributed by atoms with Crippen molar-refractivity contribution in [3.05, 3.63) is 69.5 Å². The molecule has 118 valence electrons. The van der Waals surface area contributed by atoms with E-state index in [4.69, 9.17) is 0 Å². The molecule has 2 aromatic carbocycles. The minimum atomic E-state index is -0.822. The first-order valence-electron chi connectivity index (χ1n) is 6.81. The van der Waals surface area contributed by atoms with Gasteiger partial charge in [-0.3, -0.25) is 19.7 Å². The largest absolute Gasteiger partial charge is 0.322 e. The summed E-state index contributed by atoms with van der Waals surface area (Å²) in [5.74, 6) is -1.68. The van der Waals surface area contributed by atoms with Gasteiger partial charge in [0, 0.05) is 23.7 Å². The molecule has 1 N–H and O–H groups in total. The highest BCUT2D eigenvalue weighted by molar-refractivity contribution is 6.07. The zero-order chi connectivity index (χ0) is 17.0. The lowest BCUT2D eigenvalue weighted by molar-refractivity contribution is -0.385. The highest BCUT2D eigenvalue weighted by atomic mass is 19.1. The van der Waals surface area contributed by atoms with Crippen molar-refractivity contribution in [2.45, 2.75) is 13.3 Å². The molecule has 0 aliphatic rings. The Hall–Kier alpha value is -3.09. The van der Waals surface area contributed by atoms with Crippen LogP contribution in [-0.4, -0.2) is 16.6 Å². The molecule has 0 bridgehead atoms. The number of hydrogen-bond donors (Lipinski definition) is 1. The van der Waals surface area contributed by atoms with Gasteiger partial charge in [0.2, 0.25) is 0 Å². The molecule has 7 heteroatoms. The Morgan fingerprint density at radius 3 is 2.61 bits per heavy atom. The molecule has 2 rings (SSSR count). The number of anilines is 1. The van der Waals surface area contributed by atoms with E-state index in [1.165, 1.54) is 12.1 Å². The summed E-state index contributed by atoms with van der Waals surface area (Å²) in [6.07, 6.45) is 0.312. The van der Waals surface area contributed by atoms with Gasteiger partial charge in [-0.2, -0.15) is 0 Å². The summed E-state index contributed by atoms with van der Waals surface area (Å²) in [5, 5.41) is 13.4. The maximum atomic E-state index is 13.3. The van der Waals surface area contributed by atoms with Crippen LogP contribution in [0, 0.1) is 15.9 Å². The Balaban J connectivity index is 2.31. The molecule has 0 heterocycles. The van der Waals surface area contributed by atoms with Gasteiger partial charge in [-0.15, -0.1) is 0 Å². The Bertz CT molecular complexity index is 789. The molecule has 0 aliphatic carbocycles. The maximum absolute atomic E-state index is 13.3. The van der Waals surface area contributed by atoms with Crippen LogP contribution in [0.5, 0.6) is 0 Å². The summed E-state index contributed by atoms with van der Waals surface area (Å²) >= 11 is 0. The second-order valence-corrected chi connectivity index (χ2v) is 4.73. The normalized spacial score (nSPS) is 10.2. The smallest absolute Gasteiger partial charge is 0.282 e. The second kappa shape index (κ2) is 6.78. The van der Waals surface area contributed by atoms with Crippen molar-refractivity contribution < 1.29 is 18.9 Å². The van der Waals surface area contributed by atoms with E-state index in [-0.39, 0.29) is 11.3 Å². The van der Waals surface area contributed by atoms with Crippen LogP contribution in [0.15, 0.2) is 42.5 Å². The predicted molar refractivity (Wildman–Crippen MR) is 82.1 cm³/mol. The quantitative estimate of drug-likeness (QED) is 0.518. The van der Waals surface area contributed by atoms with Crippen LogP contribution in [0.2, 0.25) is 0 Å². The Morgan fingerprint density at radius 1 is 1.22 bits per heavy atom. The molecule has 1 amide bonds. The van der Waals surface area contributed by atoms with Crippen molar-refractivity contribution in [2.24, 2.45) is 0 Å². The van der Waals surface area contributed by atoms with Gasteiger partial charge in [0.25, 0.3) is 11.6 Å². The van der Waals surface area contributed by atoms with Gasteiger partial charge < -0.3 is 5.32 Å². The third-order valence-electron chi connectivity index (χ3n) is 3.16. The first-order chi connectivity index (χ1) is 10.9. The van der Waals surface area contributed by atoms with E-state index in [1.807, 2.05) is 0 Å². The summed E-state index contributed by atoms with van der Waals surface area (Å²) in [4.78, 5) is 34.0. The van der Waals surface area contributed by atoms with Gasteiger partial charge >= 0.3 is 0 Å². The number of nitrogens with one attached hydrogen (secondary N) is 1. The van der Waals surface area contributed by atoms with Crippen molar-refractivity contribution in [1.29, 1.82) is 0 Å². The molecule has 0 radical (unpaired) electrons. The zero-order valence-electron chi connectivity index (χ0n) is 12.2. The standard InChI is InChI=1S/C16H13FN2O4/c1-2-15(20)10-4-3-5-12(8-10)18-16(21)13-9-11(17)6-7-14(13)19(22)23/h3-9H,2H2,1H3,(H,18,21). The number of halogens is 1. The molecule has 0 fully saturated rings. The number of nitro benzene ring substituents is 1. The molecule has 0 atom stereocenters. The summed E-state index contributed by atoms with van der Waals surface area (Å²) in [6.45, 7) is 1.71. The lowest BCUT2D eigenvalue weighted by Gasteiger charge is -2.07. The number of amides is 1. The lowest BCUT2D eigenvalue weighted by atomic mass is 10.1. The monoisotopic (exact) mass is 316 g/mol. The zero-order valence-corrected chi connectivity index (χ0v) is 12.2. The predicted octanol–water partition coefficient (Wildman–Crippen LogP) is 3.58. The summed E-state index contributed by atoms with van der Waals surface area (Å²) in [5.41, 5.74) is -0.168. The van der Waals surface area contributed by atoms with E-state index in [1.54, 1.807) is 19.1 Å². The fourth-order valence-electron chi connectivity index (χ4n) is 2.02. The molecule has 0 aromatic heterocycles. The summed E-state index contributed by atoms with van der Waals surface area (Å²) in [7, 11) is 0. The fourth-order valence-corrected chi connectivity index (χ4v) is 2.02. The van der Waals surface area contributed by atoms with Crippen LogP contribution in [0.1, 0.15) is 34.1 Å². The number of Topliss-reactive ketones (excluding diaryl/α,β-unsaturated/α-hetero) is 1. The Morgan fingerprint density at radius 2 is 1.96 bits per heavy atom. The minimum absolute atomic E-state index is 0.0992. The average Bonchev–Trinajstić information content (AvgIpc) is 2.53. The highest BCUT2D eigenvalue weighted by Crippen LogP contribution is 2.21. The van der Waals surface area contributed by atoms with Crippen LogP contribution in [0.3, 0.4) is 0 Å². The van der Waals surface area contributed by atoms with Crippen molar-refractivity contribution in [1.82, 2.24) is 0 Å². The highest BCUT2D eigenvalue weighted by Gasteiger charge is 2.21. The number of nitrogens with zero attached hydrogens (tertiary/aromatic N) is 1. The summed E-state index contributed by atoms with van der Waals surface area (Å²) in [6, 6.07) is 8.83. The van der Waals surface area contributed by atoms with E-state index in [9.17, 15) is 24.1 Å². The van der Waals surface area contributed by atoms with Crippen molar-refractivity contribution in [3.8, 4) is 0 Å². The van der Waals surface area contributed by atoms with E-state index in [2.05, 4.69) is 5.32 Å². The van der Waals surface area contributed by atoms with E-state index >= 15 is 0 Å². The van der Waals surface area contributed by atoms with Gasteiger partial charge in [-0.05, 0) is 24.3 Å². The number of hydrogen-bond acceptors (Lipinski definition) is 4. The third-order valence-corrected chi connectivity index (χ3v) is 3.16. The van der Waals surface area contributed by atoms with Gasteiger partial charge in [0.1, 0.15) is 11.4 Å². The van der Waals surface area contributed by atoms with Crippen LogP contribution < -0.4 is 5.32 Å². The van der Waals surface area contributed by atoms with Crippen LogP contribution in [0.25, 0.3) is 0 Å². The van der Waals surface area contributed by atoms with Crippen LogP contribution >= 0.6 is 0 Å². The molecule has 0 aliphatic heterocycles. The van der Waals surface area contributed by atoms with Crippen molar-refractivity contribution >= 4 is 23.1 Å². The molecule has 0 saturated carbocycles. The molecule has 23 heavy (non-hydrogen) atoms. The van der Waals surface area contributed by atoms with Crippen molar-refractivity contribution in [3.63, 3.8) is 0 Å². The number of benzene rings is 2. The topological polar surface area (TPSA) is 89.3 Å². The van der Waals surface area contributed by atoms with E-state index < -0.39 is 22.3 Å². The maximum Gasteiger partial charge on any atom is 0.282 e.